The smallest absolute Gasteiger partial charge is 0.259 e. The normalized spacial score (nSPS) is 24.0. The minimum Gasteiger partial charge on any atom is -0.485 e. The Morgan fingerprint density at radius 1 is 1.36 bits per heavy atom. The lowest BCUT2D eigenvalue weighted by molar-refractivity contribution is -0.163. The van der Waals surface area contributed by atoms with E-state index >= 15 is 0 Å². The van der Waals surface area contributed by atoms with Gasteiger partial charge in [0.2, 0.25) is 5.91 Å². The van der Waals surface area contributed by atoms with Crippen molar-refractivity contribution in [1.82, 2.24) is 9.88 Å². The van der Waals surface area contributed by atoms with E-state index in [0.717, 1.165) is 13.1 Å². The molecule has 22 heavy (non-hydrogen) atoms. The molecule has 120 valence electrons. The number of hydrogen-bond donors (Lipinski definition) is 0. The Balaban J connectivity index is 1.97. The maximum atomic E-state index is 13.8. The van der Waals surface area contributed by atoms with Crippen molar-refractivity contribution < 1.29 is 22.7 Å². The number of pyridine rings is 1. The second kappa shape index (κ2) is 4.60. The number of ether oxygens (including phenoxy) is 1. The van der Waals surface area contributed by atoms with Crippen LogP contribution < -0.4 is 4.74 Å². The molecular weight excluding hydrogens is 297 g/mol. The monoisotopic (exact) mass is 314 g/mol. The molecule has 0 radical (unpaired) electrons. The second-order valence-corrected chi connectivity index (χ2v) is 6.50. The van der Waals surface area contributed by atoms with E-state index in [-0.39, 0.29) is 18.4 Å². The maximum Gasteiger partial charge on any atom is 0.259 e. The van der Waals surface area contributed by atoms with Crippen LogP contribution in [0.25, 0.3) is 0 Å². The molecule has 4 nitrogen and oxygen atoms in total. The van der Waals surface area contributed by atoms with Crippen molar-refractivity contribution in [3.05, 3.63) is 23.8 Å². The quantitative estimate of drug-likeness (QED) is 0.843. The van der Waals surface area contributed by atoms with Crippen LogP contribution in [0.5, 0.6) is 5.75 Å². The summed E-state index contributed by atoms with van der Waals surface area (Å²) in [6.07, 6.45) is 2.57. The van der Waals surface area contributed by atoms with Gasteiger partial charge in [-0.1, -0.05) is 0 Å². The molecule has 0 aliphatic carbocycles. The van der Waals surface area contributed by atoms with Crippen LogP contribution in [-0.2, 0) is 4.79 Å². The summed E-state index contributed by atoms with van der Waals surface area (Å²) in [7, 11) is 0. The van der Waals surface area contributed by atoms with E-state index in [1.165, 1.54) is 24.9 Å². The first-order valence-corrected chi connectivity index (χ1v) is 7.12. The number of fused-ring (bicyclic) bond motifs is 4. The van der Waals surface area contributed by atoms with E-state index in [1.54, 1.807) is 0 Å². The van der Waals surface area contributed by atoms with E-state index in [0.29, 0.717) is 12.0 Å². The fourth-order valence-electron chi connectivity index (χ4n) is 2.92. The highest BCUT2D eigenvalue weighted by atomic mass is 19.3. The molecule has 1 fully saturated rings. The molecule has 1 saturated heterocycles. The topological polar surface area (TPSA) is 42.4 Å². The highest BCUT2D eigenvalue weighted by Crippen LogP contribution is 2.47. The predicted molar refractivity (Wildman–Crippen MR) is 72.1 cm³/mol. The Morgan fingerprint density at radius 3 is 2.68 bits per heavy atom. The van der Waals surface area contributed by atoms with Gasteiger partial charge in [-0.15, -0.1) is 0 Å². The van der Waals surface area contributed by atoms with Crippen LogP contribution in [0.15, 0.2) is 12.4 Å². The van der Waals surface area contributed by atoms with Crippen molar-refractivity contribution in [3.8, 4) is 5.75 Å². The molecule has 0 spiro atoms. The summed E-state index contributed by atoms with van der Waals surface area (Å²) in [5.74, 6) is -4.34. The number of carbonyl (C=O) groups is 1. The van der Waals surface area contributed by atoms with E-state index < -0.39 is 29.1 Å². The lowest BCUT2D eigenvalue weighted by Crippen LogP contribution is -2.49. The van der Waals surface area contributed by atoms with Gasteiger partial charge in [-0.2, -0.15) is 0 Å². The Morgan fingerprint density at radius 2 is 2.05 bits per heavy atom. The van der Waals surface area contributed by atoms with Crippen molar-refractivity contribution in [2.75, 3.05) is 6.54 Å². The fraction of sp³-hybridized carbons (Fsp3) is 0.600. The van der Waals surface area contributed by atoms with E-state index in [4.69, 9.17) is 4.74 Å². The molecule has 2 aliphatic heterocycles. The Bertz CT molecular complexity index is 628. The standard InChI is InChI=1S/C15H17F3N2O2/c1-14(2,15(3,17)18)13(21)20-7-8-4-11(20)9-5-19-6-10(16)12(9)22-8/h5-6,8,11H,4,7H2,1-3H3/t8-,11-/m0/s1. The minimum absolute atomic E-state index is 0.0765. The van der Waals surface area contributed by atoms with Gasteiger partial charge in [0.25, 0.3) is 5.92 Å². The number of alkyl halides is 2. The lowest BCUT2D eigenvalue weighted by Gasteiger charge is -2.36. The van der Waals surface area contributed by atoms with Crippen molar-refractivity contribution >= 4 is 5.91 Å². The van der Waals surface area contributed by atoms with Gasteiger partial charge in [-0.25, -0.2) is 13.2 Å². The molecule has 3 heterocycles. The number of aromatic nitrogens is 1. The molecule has 0 N–H and O–H groups in total. The molecule has 1 aromatic rings. The summed E-state index contributed by atoms with van der Waals surface area (Å²) < 4.78 is 46.8. The number of amides is 1. The van der Waals surface area contributed by atoms with Crippen LogP contribution in [-0.4, -0.2) is 34.4 Å². The Labute approximate surface area is 126 Å². The fourth-order valence-corrected chi connectivity index (χ4v) is 2.92. The molecule has 7 heteroatoms. The predicted octanol–water partition coefficient (Wildman–Crippen LogP) is 2.94. The molecule has 2 bridgehead atoms. The molecule has 2 atom stereocenters. The molecule has 1 amide bonds. The van der Waals surface area contributed by atoms with Crippen LogP contribution in [0.1, 0.15) is 38.8 Å². The molecule has 0 aromatic carbocycles. The zero-order chi connectivity index (χ0) is 16.3. The first-order chi connectivity index (χ1) is 10.1. The summed E-state index contributed by atoms with van der Waals surface area (Å²) >= 11 is 0. The minimum atomic E-state index is -3.16. The van der Waals surface area contributed by atoms with Gasteiger partial charge in [0.1, 0.15) is 11.5 Å². The van der Waals surface area contributed by atoms with E-state index in [1.807, 2.05) is 0 Å². The van der Waals surface area contributed by atoms with Crippen LogP contribution in [0.4, 0.5) is 13.2 Å². The summed E-state index contributed by atoms with van der Waals surface area (Å²) in [6.45, 7) is 3.36. The van der Waals surface area contributed by atoms with Gasteiger partial charge in [0, 0.05) is 25.1 Å². The van der Waals surface area contributed by atoms with Crippen LogP contribution in [0.2, 0.25) is 0 Å². The summed E-state index contributed by atoms with van der Waals surface area (Å²) in [5.41, 5.74) is -1.40. The first kappa shape index (κ1) is 15.1. The number of likely N-dealkylation sites (tertiary alicyclic amines) is 1. The largest absolute Gasteiger partial charge is 0.485 e. The Hall–Kier alpha value is -1.79. The zero-order valence-corrected chi connectivity index (χ0v) is 12.6. The van der Waals surface area contributed by atoms with Crippen molar-refractivity contribution in [3.63, 3.8) is 0 Å². The molecule has 0 unspecified atom stereocenters. The average molecular weight is 314 g/mol. The molecule has 2 aliphatic rings. The van der Waals surface area contributed by atoms with Crippen molar-refractivity contribution in [2.24, 2.45) is 5.41 Å². The average Bonchev–Trinajstić information content (AvgIpc) is 2.76. The van der Waals surface area contributed by atoms with E-state index in [2.05, 4.69) is 4.98 Å². The zero-order valence-electron chi connectivity index (χ0n) is 12.6. The first-order valence-electron chi connectivity index (χ1n) is 7.12. The Kier molecular flexibility index (Phi) is 3.16. The number of hydrogen-bond acceptors (Lipinski definition) is 3. The van der Waals surface area contributed by atoms with Crippen molar-refractivity contribution in [1.29, 1.82) is 0 Å². The van der Waals surface area contributed by atoms with Gasteiger partial charge < -0.3 is 9.64 Å². The summed E-state index contributed by atoms with van der Waals surface area (Å²) in [4.78, 5) is 17.8. The number of nitrogens with zero attached hydrogens (tertiary/aromatic N) is 2. The van der Waals surface area contributed by atoms with Crippen LogP contribution in [0.3, 0.4) is 0 Å². The third-order valence-corrected chi connectivity index (χ3v) is 4.68. The van der Waals surface area contributed by atoms with Crippen LogP contribution in [0, 0.1) is 11.2 Å². The van der Waals surface area contributed by atoms with Crippen LogP contribution >= 0.6 is 0 Å². The highest BCUT2D eigenvalue weighted by molar-refractivity contribution is 5.84. The van der Waals surface area contributed by atoms with Crippen molar-refractivity contribution in [2.45, 2.75) is 45.3 Å². The number of rotatable bonds is 2. The highest BCUT2D eigenvalue weighted by Gasteiger charge is 2.54. The number of halogens is 3. The molecular formula is C15H17F3N2O2. The third kappa shape index (κ3) is 2.06. The summed E-state index contributed by atoms with van der Waals surface area (Å²) in [6, 6.07) is -0.467. The SMILES string of the molecule is CC(F)(F)C(C)(C)C(=O)N1C[C@@H]2C[C@H]1c1cncc(F)c1O2. The second-order valence-electron chi connectivity index (χ2n) is 6.50. The number of carbonyl (C=O) groups excluding carboxylic acids is 1. The summed E-state index contributed by atoms with van der Waals surface area (Å²) in [5, 5.41) is 0. The molecule has 0 saturated carbocycles. The molecule has 1 aromatic heterocycles. The van der Waals surface area contributed by atoms with Gasteiger partial charge in [-0.05, 0) is 13.8 Å². The van der Waals surface area contributed by atoms with Gasteiger partial charge in [-0.3, -0.25) is 9.78 Å². The van der Waals surface area contributed by atoms with Gasteiger partial charge in [0.15, 0.2) is 11.6 Å². The van der Waals surface area contributed by atoms with Gasteiger partial charge in [0.05, 0.1) is 18.8 Å². The van der Waals surface area contributed by atoms with Gasteiger partial charge >= 0.3 is 0 Å². The maximum absolute atomic E-state index is 13.8. The van der Waals surface area contributed by atoms with E-state index in [9.17, 15) is 18.0 Å². The lowest BCUT2D eigenvalue weighted by atomic mass is 9.84. The third-order valence-electron chi connectivity index (χ3n) is 4.68. The molecule has 3 rings (SSSR count).